The highest BCUT2D eigenvalue weighted by Gasteiger charge is 2.39. The molecule has 40 heteroatoms. The largest absolute Gasteiger partial charge is 0.394 e. The van der Waals surface area contributed by atoms with Crippen LogP contribution in [0.1, 0.15) is 73.3 Å². The number of aliphatic hydroxyl groups is 1. The van der Waals surface area contributed by atoms with Crippen molar-refractivity contribution in [1.82, 2.24) is 108 Å². The van der Waals surface area contributed by atoms with Crippen LogP contribution in [0, 0.1) is 5.41 Å². The van der Waals surface area contributed by atoms with Crippen LogP contribution in [-0.2, 0) is 113 Å². The van der Waals surface area contributed by atoms with Gasteiger partial charge in [-0.25, -0.2) is 15.0 Å². The molecular weight excluding hydrogens is 1510 g/mol. The molecule has 115 heavy (non-hydrogen) atoms. The van der Waals surface area contributed by atoms with Gasteiger partial charge in [0.05, 0.1) is 55.8 Å². The molecule has 1 aliphatic rings. The van der Waals surface area contributed by atoms with Crippen molar-refractivity contribution in [2.75, 3.05) is 44.8 Å². The minimum atomic E-state index is -1.81. The number of carbonyl (C=O) groups excluding carboxylic acids is 14. The second kappa shape index (κ2) is 43.7. The number of aromatic amines is 3. The lowest BCUT2D eigenvalue weighted by Crippen LogP contribution is -2.61. The maximum absolute atomic E-state index is 15.2. The molecule has 22 N–H and O–H groups in total. The summed E-state index contributed by atoms with van der Waals surface area (Å²) in [4.78, 5) is 224. The summed E-state index contributed by atoms with van der Waals surface area (Å²) < 4.78 is 1.56. The number of rotatable bonds is 22. The fraction of sp³-hybridized carbons (Fsp3) is 0.413. The van der Waals surface area contributed by atoms with Crippen molar-refractivity contribution in [3.63, 3.8) is 0 Å². The number of carbonyl (C=O) groups is 14. The second-order valence-electron chi connectivity index (χ2n) is 27.3. The number of primary amides is 1. The number of benzene rings is 3. The molecule has 614 valence electrons. The van der Waals surface area contributed by atoms with Gasteiger partial charge in [0.1, 0.15) is 66.5 Å². The molecule has 11 atom stereocenters. The molecule has 39 nitrogen and oxygen atoms in total. The zero-order valence-corrected chi connectivity index (χ0v) is 64.6. The molecule has 5 heterocycles. The fourth-order valence-electron chi connectivity index (χ4n) is 12.5. The van der Waals surface area contributed by atoms with Crippen molar-refractivity contribution in [2.45, 2.75) is 145 Å². The van der Waals surface area contributed by atoms with Gasteiger partial charge in [0, 0.05) is 106 Å². The average molecular weight is 1610 g/mol. The number of thioether (sulfide) groups is 1. The minimum absolute atomic E-state index is 0.00194. The van der Waals surface area contributed by atoms with E-state index in [2.05, 4.69) is 99.0 Å². The number of hydrogen-bond donors (Lipinski definition) is 20. The Kier molecular flexibility index (Phi) is 33.3. The predicted molar refractivity (Wildman–Crippen MR) is 419 cm³/mol. The summed E-state index contributed by atoms with van der Waals surface area (Å²) in [6.45, 7) is 0.522. The van der Waals surface area contributed by atoms with Gasteiger partial charge in [-0.3, -0.25) is 72.5 Å². The summed E-state index contributed by atoms with van der Waals surface area (Å²) >= 11 is 0.824. The summed E-state index contributed by atoms with van der Waals surface area (Å²) in [5, 5.41) is 53.1. The van der Waals surface area contributed by atoms with Gasteiger partial charge in [0.2, 0.25) is 82.7 Å². The predicted octanol–water partition coefficient (Wildman–Crippen LogP) is -4.68. The quantitative estimate of drug-likeness (QED) is 0.0172. The average Bonchev–Trinajstić information content (AvgIpc) is 1.73. The molecule has 4 aromatic heterocycles. The molecule has 11 unspecified atom stereocenters. The first-order chi connectivity index (χ1) is 55.2. The number of imidazole rings is 3. The molecule has 1 saturated heterocycles. The monoisotopic (exact) mass is 1610 g/mol. The van der Waals surface area contributed by atoms with Gasteiger partial charge in [0.25, 0.3) is 0 Å². The van der Waals surface area contributed by atoms with Crippen LogP contribution in [0.4, 0.5) is 0 Å². The summed E-state index contributed by atoms with van der Waals surface area (Å²) in [5.74, 6) is -14.3. The summed E-state index contributed by atoms with van der Waals surface area (Å²) in [7, 11) is 2.89. The molecular formula is C75H98N24O15S. The number of nitrogens with zero attached hydrogens (tertiary/aromatic N) is 5. The van der Waals surface area contributed by atoms with E-state index in [4.69, 9.17) is 16.9 Å². The normalized spacial score (nSPS) is 22.4. The van der Waals surface area contributed by atoms with E-state index in [0.29, 0.717) is 33.3 Å². The van der Waals surface area contributed by atoms with Crippen LogP contribution in [0.25, 0.3) is 10.9 Å². The second-order valence-corrected chi connectivity index (χ2v) is 28.3. The Labute approximate surface area is 664 Å². The van der Waals surface area contributed by atoms with Crippen LogP contribution in [0.5, 0.6) is 0 Å². The van der Waals surface area contributed by atoms with Crippen LogP contribution in [0.3, 0.4) is 0 Å². The van der Waals surface area contributed by atoms with E-state index in [1.807, 2.05) is 0 Å². The van der Waals surface area contributed by atoms with E-state index in [0.717, 1.165) is 16.7 Å². The van der Waals surface area contributed by atoms with Crippen molar-refractivity contribution in [2.24, 2.45) is 18.5 Å². The summed E-state index contributed by atoms with van der Waals surface area (Å²) in [5.41, 5.74) is 14.3. The Morgan fingerprint density at radius 3 is 1.62 bits per heavy atom. The molecule has 8 rings (SSSR count). The van der Waals surface area contributed by atoms with Crippen LogP contribution < -0.4 is 80.6 Å². The molecule has 0 aliphatic carbocycles. The van der Waals surface area contributed by atoms with E-state index in [9.17, 15) is 62.6 Å². The van der Waals surface area contributed by atoms with Gasteiger partial charge in [-0.15, -0.1) is 11.8 Å². The standard InChI is InChI=1S/C75H98N24O15S/c1-5-49-66(106)93-54(26-44-30-83-51-21-14-13-20-48(44)51)69(109)94-55(27-45-31-79-39-86-45)64(104)85-35-62(102)89-58(36-100)72(112)92-52(22-15-23-82-75(77)78)74(114)99(4)60(25-43-18-11-8-12-19-43)73(113)96-56(28-46-32-80-40-87-46)70(110)91-50(6-2)67(107)95-57(29-47-33-81-41-98(47)3)71(111)97-59(65(105)84-34-61(76)101)37-115-38-63(103)88-53(68(108)90-49)24-42-16-9-7-10-17-42/h7-14,16-21,30-33,39-41,49-50,52-60,83,100H,5-6,15,22-29,34-38H2,1-4H3,(H2,76,101)(H,79,86)(H,80,87)(H,84,105)(H,85,104)(H,88,103)(H,89,102)(H,90,108)(H,91,110)(H,92,112)(H,93,106)(H,94,109)(H,95,107)(H,96,113)(H,97,111)(H4,77,78,82). The van der Waals surface area contributed by atoms with Crippen LogP contribution >= 0.6 is 11.8 Å². The van der Waals surface area contributed by atoms with E-state index >= 15 is 9.59 Å². The van der Waals surface area contributed by atoms with E-state index in [1.54, 1.807) is 117 Å². The zero-order chi connectivity index (χ0) is 83.1. The molecule has 0 radical (unpaired) electrons. The zero-order valence-electron chi connectivity index (χ0n) is 63.8. The number of hydrogen-bond acceptors (Lipinski definition) is 20. The minimum Gasteiger partial charge on any atom is -0.394 e. The highest BCUT2D eigenvalue weighted by atomic mass is 32.2. The van der Waals surface area contributed by atoms with Crippen molar-refractivity contribution in [3.05, 3.63) is 162 Å². The smallest absolute Gasteiger partial charge is 0.245 e. The number of amides is 14. The molecule has 0 saturated carbocycles. The van der Waals surface area contributed by atoms with Crippen molar-refractivity contribution >= 4 is 111 Å². The number of likely N-dealkylation sites (N-methyl/N-ethyl adjacent to an activating group) is 1. The number of fused-ring (bicyclic) bond motifs is 1. The number of aromatic nitrogens is 7. The van der Waals surface area contributed by atoms with Gasteiger partial charge in [0.15, 0.2) is 5.96 Å². The Morgan fingerprint density at radius 1 is 0.557 bits per heavy atom. The van der Waals surface area contributed by atoms with Crippen molar-refractivity contribution in [1.29, 1.82) is 5.41 Å². The maximum Gasteiger partial charge on any atom is 0.245 e. The SMILES string of the molecule is CCC1NC(=O)C(Cc2ccccc2)NC(=O)CSCC(C(=O)NCC(N)=O)NC(=O)C(Cc2cncn2C)NC(=O)C(CC)NC(=O)C(Cc2c[nH]cn2)NC(=O)C(Cc2ccccc2)N(C)C(=O)C(CCCNC(=N)N)NC(=O)C(CO)NC(=O)CNC(=O)C(Cc2c[nH]cn2)NC(=O)C(Cc2c[nH]c3ccccc23)NC1=O. The Bertz CT molecular complexity index is 4510. The molecule has 14 amide bonds. The molecule has 0 bridgehead atoms. The molecule has 7 aromatic rings. The lowest BCUT2D eigenvalue weighted by molar-refractivity contribution is -0.143. The summed E-state index contributed by atoms with van der Waals surface area (Å²) in [6, 6.07) is 7.32. The number of para-hydroxylation sites is 1. The Morgan fingerprint density at radius 2 is 1.06 bits per heavy atom. The van der Waals surface area contributed by atoms with E-state index < -0.39 is 181 Å². The molecule has 1 fully saturated rings. The highest BCUT2D eigenvalue weighted by molar-refractivity contribution is 8.00. The van der Waals surface area contributed by atoms with E-state index in [1.165, 1.54) is 44.6 Å². The Balaban J connectivity index is 1.16. The number of nitrogens with one attached hydrogen (secondary N) is 17. The number of nitrogens with two attached hydrogens (primary N) is 2. The lowest BCUT2D eigenvalue weighted by Gasteiger charge is -2.33. The number of aliphatic hydroxyl groups excluding tert-OH is 1. The molecule has 0 spiro atoms. The first-order valence-electron chi connectivity index (χ1n) is 37.1. The Hall–Kier alpha value is -13.0. The van der Waals surface area contributed by atoms with Crippen LogP contribution in [0.15, 0.2) is 129 Å². The van der Waals surface area contributed by atoms with Gasteiger partial charge in [-0.1, -0.05) is 92.7 Å². The fourth-order valence-corrected chi connectivity index (χ4v) is 13.3. The van der Waals surface area contributed by atoms with Crippen LogP contribution in [-0.4, -0.2) is 244 Å². The van der Waals surface area contributed by atoms with Gasteiger partial charge >= 0.3 is 0 Å². The molecule has 3 aromatic carbocycles. The summed E-state index contributed by atoms with van der Waals surface area (Å²) in [6.07, 6.45) is 8.29. The third kappa shape index (κ3) is 26.8. The highest BCUT2D eigenvalue weighted by Crippen LogP contribution is 2.21. The maximum atomic E-state index is 15.2. The first-order valence-corrected chi connectivity index (χ1v) is 38.3. The van der Waals surface area contributed by atoms with Gasteiger partial charge in [-0.05, 0) is 48.4 Å². The number of H-pyrrole nitrogens is 3. The first kappa shape index (κ1) is 87.6. The number of guanidine groups is 1. The lowest BCUT2D eigenvalue weighted by atomic mass is 10.0. The van der Waals surface area contributed by atoms with Crippen molar-refractivity contribution in [3.8, 4) is 0 Å². The van der Waals surface area contributed by atoms with Gasteiger partial charge < -0.3 is 110 Å². The number of aryl methyl sites for hydroxylation is 1. The van der Waals surface area contributed by atoms with E-state index in [-0.39, 0.29) is 87.9 Å². The third-order valence-corrected chi connectivity index (χ3v) is 19.8. The topological polar surface area (TPSA) is 586 Å². The van der Waals surface area contributed by atoms with Crippen LogP contribution in [0.2, 0.25) is 0 Å². The molecule has 1 aliphatic heterocycles. The third-order valence-electron chi connectivity index (χ3n) is 18.7. The van der Waals surface area contributed by atoms with Gasteiger partial charge in [-0.2, -0.15) is 0 Å². The van der Waals surface area contributed by atoms with Crippen molar-refractivity contribution < 1.29 is 72.2 Å².